The molecule has 0 fully saturated rings. The Balaban J connectivity index is 2.80. The van der Waals surface area contributed by atoms with Crippen LogP contribution in [0.2, 0.25) is 0 Å². The van der Waals surface area contributed by atoms with Crippen LogP contribution < -0.4 is 5.32 Å². The molecule has 0 bridgehead atoms. The van der Waals surface area contributed by atoms with E-state index in [1.165, 1.54) is 5.56 Å². The smallest absolute Gasteiger partial charge is 0.131 e. The van der Waals surface area contributed by atoms with Crippen LogP contribution in [0, 0.1) is 13.8 Å². The summed E-state index contributed by atoms with van der Waals surface area (Å²) in [7, 11) is 1.69. The van der Waals surface area contributed by atoms with Gasteiger partial charge in [0, 0.05) is 37.0 Å². The summed E-state index contributed by atoms with van der Waals surface area (Å²) in [6.45, 7) is 8.66. The zero-order chi connectivity index (χ0) is 12.0. The van der Waals surface area contributed by atoms with Gasteiger partial charge in [-0.3, -0.25) is 0 Å². The highest BCUT2D eigenvalue weighted by Gasteiger charge is 2.07. The van der Waals surface area contributed by atoms with E-state index in [1.54, 1.807) is 7.11 Å². The van der Waals surface area contributed by atoms with E-state index in [0.717, 1.165) is 36.7 Å². The van der Waals surface area contributed by atoms with Crippen LogP contribution in [0.3, 0.4) is 0 Å². The van der Waals surface area contributed by atoms with E-state index in [4.69, 9.17) is 4.74 Å². The van der Waals surface area contributed by atoms with Crippen molar-refractivity contribution in [3.8, 4) is 0 Å². The minimum atomic E-state index is 0.672. The van der Waals surface area contributed by atoms with Crippen molar-refractivity contribution < 1.29 is 4.74 Å². The van der Waals surface area contributed by atoms with E-state index >= 15 is 0 Å². The molecule has 0 aliphatic rings. The molecule has 4 heteroatoms. The Morgan fingerprint density at radius 3 is 2.31 bits per heavy atom. The van der Waals surface area contributed by atoms with Crippen LogP contribution in [0.4, 0.5) is 0 Å². The Kier molecular flexibility index (Phi) is 5.35. The van der Waals surface area contributed by atoms with E-state index < -0.39 is 0 Å². The maximum atomic E-state index is 5.03. The van der Waals surface area contributed by atoms with Gasteiger partial charge in [0.1, 0.15) is 5.82 Å². The number of ether oxygens (including phenoxy) is 1. The van der Waals surface area contributed by atoms with Gasteiger partial charge in [-0.2, -0.15) is 0 Å². The molecule has 90 valence electrons. The summed E-state index contributed by atoms with van der Waals surface area (Å²) in [6, 6.07) is 0. The molecule has 4 nitrogen and oxygen atoms in total. The van der Waals surface area contributed by atoms with Crippen molar-refractivity contribution in [1.82, 2.24) is 15.3 Å². The van der Waals surface area contributed by atoms with Crippen LogP contribution in [0.5, 0.6) is 0 Å². The van der Waals surface area contributed by atoms with Crippen LogP contribution >= 0.6 is 0 Å². The Hall–Kier alpha value is -1.00. The largest absolute Gasteiger partial charge is 0.384 e. The molecule has 0 unspecified atom stereocenters. The number of hydrogen-bond acceptors (Lipinski definition) is 4. The highest BCUT2D eigenvalue weighted by atomic mass is 16.5. The molecule has 0 aromatic carbocycles. The molecule has 0 amide bonds. The van der Waals surface area contributed by atoms with Gasteiger partial charge < -0.3 is 10.1 Å². The molecule has 0 atom stereocenters. The fourth-order valence-electron chi connectivity index (χ4n) is 1.62. The van der Waals surface area contributed by atoms with E-state index in [1.807, 2.05) is 13.8 Å². The van der Waals surface area contributed by atoms with Gasteiger partial charge in [-0.25, -0.2) is 9.97 Å². The summed E-state index contributed by atoms with van der Waals surface area (Å²) >= 11 is 0. The van der Waals surface area contributed by atoms with Crippen LogP contribution in [-0.4, -0.2) is 30.2 Å². The SMILES string of the molecule is CCNCc1c(C)nc(CCOC)nc1C. The molecule has 0 spiro atoms. The van der Waals surface area contributed by atoms with Gasteiger partial charge in [-0.15, -0.1) is 0 Å². The normalized spacial score (nSPS) is 10.8. The van der Waals surface area contributed by atoms with Crippen molar-refractivity contribution in [2.45, 2.75) is 33.7 Å². The van der Waals surface area contributed by atoms with Crippen molar-refractivity contribution in [3.63, 3.8) is 0 Å². The van der Waals surface area contributed by atoms with Crippen LogP contribution in [0.25, 0.3) is 0 Å². The molecule has 1 aromatic rings. The van der Waals surface area contributed by atoms with Gasteiger partial charge in [-0.05, 0) is 20.4 Å². The van der Waals surface area contributed by atoms with Crippen molar-refractivity contribution >= 4 is 0 Å². The second-order valence-corrected chi connectivity index (χ2v) is 3.81. The van der Waals surface area contributed by atoms with Crippen LogP contribution in [-0.2, 0) is 17.7 Å². The van der Waals surface area contributed by atoms with Crippen molar-refractivity contribution in [3.05, 3.63) is 22.8 Å². The molecule has 1 heterocycles. The molecule has 0 saturated heterocycles. The third-order valence-corrected chi connectivity index (χ3v) is 2.55. The molecular weight excluding hydrogens is 202 g/mol. The maximum absolute atomic E-state index is 5.03. The number of nitrogens with zero attached hydrogens (tertiary/aromatic N) is 2. The van der Waals surface area contributed by atoms with E-state index in [2.05, 4.69) is 22.2 Å². The molecule has 16 heavy (non-hydrogen) atoms. The van der Waals surface area contributed by atoms with Crippen molar-refractivity contribution in [1.29, 1.82) is 0 Å². The van der Waals surface area contributed by atoms with Crippen LogP contribution in [0.15, 0.2) is 0 Å². The molecule has 1 aromatic heterocycles. The average Bonchev–Trinajstić information content (AvgIpc) is 2.25. The van der Waals surface area contributed by atoms with Crippen molar-refractivity contribution in [2.75, 3.05) is 20.3 Å². The fourth-order valence-corrected chi connectivity index (χ4v) is 1.62. The second-order valence-electron chi connectivity index (χ2n) is 3.81. The lowest BCUT2D eigenvalue weighted by atomic mass is 10.1. The predicted octanol–water partition coefficient (Wildman–Crippen LogP) is 1.39. The summed E-state index contributed by atoms with van der Waals surface area (Å²) in [4.78, 5) is 8.99. The van der Waals surface area contributed by atoms with Gasteiger partial charge in [0.2, 0.25) is 0 Å². The maximum Gasteiger partial charge on any atom is 0.131 e. The first-order valence-corrected chi connectivity index (χ1v) is 5.71. The third-order valence-electron chi connectivity index (χ3n) is 2.55. The first-order valence-electron chi connectivity index (χ1n) is 5.71. The number of nitrogens with one attached hydrogen (secondary N) is 1. The Labute approximate surface area is 97.5 Å². The fraction of sp³-hybridized carbons (Fsp3) is 0.667. The first-order chi connectivity index (χ1) is 7.69. The number of aryl methyl sites for hydroxylation is 2. The predicted molar refractivity (Wildman–Crippen MR) is 64.5 cm³/mol. The van der Waals surface area contributed by atoms with Gasteiger partial charge in [0.25, 0.3) is 0 Å². The number of hydrogen-bond donors (Lipinski definition) is 1. The van der Waals surface area contributed by atoms with Crippen LogP contribution in [0.1, 0.15) is 29.7 Å². The van der Waals surface area contributed by atoms with E-state index in [9.17, 15) is 0 Å². The summed E-state index contributed by atoms with van der Waals surface area (Å²) in [6.07, 6.45) is 0.777. The van der Waals surface area contributed by atoms with Gasteiger partial charge in [0.15, 0.2) is 0 Å². The molecule has 0 radical (unpaired) electrons. The van der Waals surface area contributed by atoms with E-state index in [-0.39, 0.29) is 0 Å². The summed E-state index contributed by atoms with van der Waals surface area (Å²) in [5.41, 5.74) is 3.35. The summed E-state index contributed by atoms with van der Waals surface area (Å²) < 4.78 is 5.03. The summed E-state index contributed by atoms with van der Waals surface area (Å²) in [5.74, 6) is 0.872. The number of rotatable bonds is 6. The van der Waals surface area contributed by atoms with Gasteiger partial charge >= 0.3 is 0 Å². The lowest BCUT2D eigenvalue weighted by Crippen LogP contribution is -2.16. The topological polar surface area (TPSA) is 47.0 Å². The molecule has 1 N–H and O–H groups in total. The Bertz CT molecular complexity index is 316. The highest BCUT2D eigenvalue weighted by Crippen LogP contribution is 2.10. The molecule has 0 saturated carbocycles. The molecular formula is C12H21N3O. The second kappa shape index (κ2) is 6.55. The Morgan fingerprint density at radius 2 is 1.81 bits per heavy atom. The zero-order valence-electron chi connectivity index (χ0n) is 10.6. The summed E-state index contributed by atoms with van der Waals surface area (Å²) in [5, 5.41) is 3.30. The standard InChI is InChI=1S/C12H21N3O/c1-5-13-8-11-9(2)14-12(6-7-16-4)15-10(11)3/h13H,5-8H2,1-4H3. The third kappa shape index (κ3) is 3.54. The average molecular weight is 223 g/mol. The lowest BCUT2D eigenvalue weighted by Gasteiger charge is -2.10. The number of aromatic nitrogens is 2. The van der Waals surface area contributed by atoms with Gasteiger partial charge in [0.05, 0.1) is 6.61 Å². The lowest BCUT2D eigenvalue weighted by molar-refractivity contribution is 0.200. The van der Waals surface area contributed by atoms with Gasteiger partial charge in [-0.1, -0.05) is 6.92 Å². The van der Waals surface area contributed by atoms with E-state index in [0.29, 0.717) is 6.61 Å². The zero-order valence-corrected chi connectivity index (χ0v) is 10.6. The first kappa shape index (κ1) is 13.1. The highest BCUT2D eigenvalue weighted by molar-refractivity contribution is 5.24. The molecule has 0 aliphatic heterocycles. The minimum absolute atomic E-state index is 0.672. The quantitative estimate of drug-likeness (QED) is 0.791. The monoisotopic (exact) mass is 223 g/mol. The van der Waals surface area contributed by atoms with Crippen molar-refractivity contribution in [2.24, 2.45) is 0 Å². The number of methoxy groups -OCH3 is 1. The molecule has 0 aliphatic carbocycles. The Morgan fingerprint density at radius 1 is 1.19 bits per heavy atom. The molecule has 1 rings (SSSR count). The minimum Gasteiger partial charge on any atom is -0.384 e.